The molecule has 0 spiro atoms. The molecule has 0 bridgehead atoms. The maximum atomic E-state index is 12.3. The summed E-state index contributed by atoms with van der Waals surface area (Å²) in [5.74, 6) is 1.74. The number of hydrogen-bond acceptors (Lipinski definition) is 6. The van der Waals surface area contributed by atoms with Crippen LogP contribution in [0.15, 0.2) is 75.8 Å². The molecule has 0 unspecified atom stereocenters. The van der Waals surface area contributed by atoms with Gasteiger partial charge in [-0.15, -0.1) is 21.5 Å². The maximum Gasteiger partial charge on any atom is 0.200 e. The largest absolute Gasteiger partial charge is 0.461 e. The van der Waals surface area contributed by atoms with Gasteiger partial charge in [-0.1, -0.05) is 48.2 Å². The fourth-order valence-electron chi connectivity index (χ4n) is 2.53. The van der Waals surface area contributed by atoms with Crippen molar-refractivity contribution in [3.05, 3.63) is 76.7 Å². The molecule has 130 valence electrons. The third-order valence-electron chi connectivity index (χ3n) is 3.77. The molecule has 0 fully saturated rings. The van der Waals surface area contributed by atoms with Crippen LogP contribution in [0.2, 0.25) is 0 Å². The van der Waals surface area contributed by atoms with Crippen LogP contribution in [0, 0.1) is 0 Å². The zero-order valence-corrected chi connectivity index (χ0v) is 15.4. The molecule has 0 N–H and O–H groups in total. The number of ketones is 1. The Morgan fingerprint density at radius 2 is 1.96 bits per heavy atom. The van der Waals surface area contributed by atoms with Crippen LogP contribution in [0.1, 0.15) is 15.2 Å². The van der Waals surface area contributed by atoms with Crippen LogP contribution in [-0.4, -0.2) is 26.3 Å². The van der Waals surface area contributed by atoms with E-state index in [9.17, 15) is 4.79 Å². The molecule has 4 aromatic rings. The number of furan rings is 1. The summed E-state index contributed by atoms with van der Waals surface area (Å²) in [5, 5.41) is 11.2. The second kappa shape index (κ2) is 7.72. The highest BCUT2D eigenvalue weighted by Gasteiger charge is 2.18. The molecule has 0 radical (unpaired) electrons. The molecule has 26 heavy (non-hydrogen) atoms. The van der Waals surface area contributed by atoms with Crippen molar-refractivity contribution in [2.24, 2.45) is 0 Å². The minimum Gasteiger partial charge on any atom is -0.461 e. The molecule has 0 aliphatic rings. The zero-order chi connectivity index (χ0) is 17.8. The van der Waals surface area contributed by atoms with Crippen molar-refractivity contribution < 1.29 is 9.21 Å². The lowest BCUT2D eigenvalue weighted by Crippen LogP contribution is -2.06. The maximum absolute atomic E-state index is 12.3. The first kappa shape index (κ1) is 16.8. The van der Waals surface area contributed by atoms with Gasteiger partial charge in [0.1, 0.15) is 0 Å². The van der Waals surface area contributed by atoms with Crippen molar-refractivity contribution in [1.29, 1.82) is 0 Å². The zero-order valence-electron chi connectivity index (χ0n) is 13.7. The van der Waals surface area contributed by atoms with Crippen molar-refractivity contribution >= 4 is 28.9 Å². The number of aromatic nitrogens is 3. The third-order valence-corrected chi connectivity index (χ3v) is 5.65. The van der Waals surface area contributed by atoms with E-state index in [0.29, 0.717) is 29.0 Å². The van der Waals surface area contributed by atoms with Crippen LogP contribution in [0.5, 0.6) is 0 Å². The number of thioether (sulfide) groups is 1. The number of nitrogens with zero attached hydrogens (tertiary/aromatic N) is 3. The number of benzene rings is 1. The van der Waals surface area contributed by atoms with Crippen LogP contribution in [-0.2, 0) is 6.54 Å². The van der Waals surface area contributed by atoms with Gasteiger partial charge in [0.15, 0.2) is 16.7 Å². The predicted octanol–water partition coefficient (Wildman–Crippen LogP) is 4.62. The van der Waals surface area contributed by atoms with Crippen molar-refractivity contribution in [3.63, 3.8) is 0 Å². The molecule has 0 atom stereocenters. The highest BCUT2D eigenvalue weighted by atomic mass is 32.2. The number of carbonyl (C=O) groups is 1. The molecule has 3 aromatic heterocycles. The highest BCUT2D eigenvalue weighted by molar-refractivity contribution is 7.99. The fourth-order valence-corrected chi connectivity index (χ4v) is 4.11. The van der Waals surface area contributed by atoms with Gasteiger partial charge < -0.3 is 4.42 Å². The fraction of sp³-hybridized carbons (Fsp3) is 0.105. The minimum atomic E-state index is 0.0961. The first-order valence-electron chi connectivity index (χ1n) is 8.02. The average molecular weight is 381 g/mol. The Kier molecular flexibility index (Phi) is 4.99. The van der Waals surface area contributed by atoms with Crippen molar-refractivity contribution in [2.75, 3.05) is 5.75 Å². The normalized spacial score (nSPS) is 10.9. The van der Waals surface area contributed by atoms with Crippen LogP contribution in [0.4, 0.5) is 0 Å². The number of hydrogen-bond donors (Lipinski definition) is 0. The topological polar surface area (TPSA) is 60.9 Å². The smallest absolute Gasteiger partial charge is 0.200 e. The van der Waals surface area contributed by atoms with Crippen LogP contribution in [0.3, 0.4) is 0 Å². The summed E-state index contributed by atoms with van der Waals surface area (Å²) < 4.78 is 7.48. The first-order valence-corrected chi connectivity index (χ1v) is 9.88. The van der Waals surface area contributed by atoms with Crippen molar-refractivity contribution in [3.8, 4) is 11.6 Å². The summed E-state index contributed by atoms with van der Waals surface area (Å²) in [7, 11) is 0. The molecular formula is C19H15N3O2S2. The quantitative estimate of drug-likeness (QED) is 0.345. The number of carbonyl (C=O) groups excluding carboxylic acids is 1. The SMILES string of the molecule is O=C(CSc1nnc(-c2ccco2)n1Cc1ccccc1)c1cccs1. The predicted molar refractivity (Wildman–Crippen MR) is 103 cm³/mol. The summed E-state index contributed by atoms with van der Waals surface area (Å²) >= 11 is 2.85. The number of Topliss-reactive ketones (excluding diaryl/α,β-unsaturated/α-hetero) is 1. The van der Waals surface area contributed by atoms with Gasteiger partial charge in [0, 0.05) is 0 Å². The molecule has 0 aliphatic carbocycles. The molecular weight excluding hydrogens is 366 g/mol. The van der Waals surface area contributed by atoms with E-state index in [2.05, 4.69) is 22.3 Å². The van der Waals surface area contributed by atoms with E-state index in [-0.39, 0.29) is 5.78 Å². The Labute approximate surface area is 158 Å². The van der Waals surface area contributed by atoms with Crippen LogP contribution >= 0.6 is 23.1 Å². The van der Waals surface area contributed by atoms with Crippen LogP contribution in [0.25, 0.3) is 11.6 Å². The van der Waals surface area contributed by atoms with Gasteiger partial charge in [0.25, 0.3) is 0 Å². The molecule has 0 amide bonds. The lowest BCUT2D eigenvalue weighted by Gasteiger charge is -2.09. The van der Waals surface area contributed by atoms with Crippen LogP contribution < -0.4 is 0 Å². The van der Waals surface area contributed by atoms with E-state index in [1.807, 2.05) is 52.4 Å². The number of rotatable bonds is 7. The molecule has 0 saturated carbocycles. The summed E-state index contributed by atoms with van der Waals surface area (Å²) in [6.45, 7) is 0.611. The van der Waals surface area contributed by atoms with Gasteiger partial charge in [-0.3, -0.25) is 9.36 Å². The number of thiophene rings is 1. The average Bonchev–Trinajstić information content (AvgIpc) is 3.42. The van der Waals surface area contributed by atoms with Crippen molar-refractivity contribution in [1.82, 2.24) is 14.8 Å². The van der Waals surface area contributed by atoms with E-state index < -0.39 is 0 Å². The molecule has 7 heteroatoms. The lowest BCUT2D eigenvalue weighted by molar-refractivity contribution is 0.102. The summed E-state index contributed by atoms with van der Waals surface area (Å²) in [6, 6.07) is 17.5. The van der Waals surface area contributed by atoms with Gasteiger partial charge in [0.05, 0.1) is 23.4 Å². The van der Waals surface area contributed by atoms with Gasteiger partial charge in [-0.05, 0) is 29.1 Å². The molecule has 1 aromatic carbocycles. The van der Waals surface area contributed by atoms with Gasteiger partial charge in [0.2, 0.25) is 5.82 Å². The molecule has 0 saturated heterocycles. The van der Waals surface area contributed by atoms with E-state index in [4.69, 9.17) is 4.42 Å². The van der Waals surface area contributed by atoms with E-state index in [1.165, 1.54) is 23.1 Å². The Balaban J connectivity index is 1.60. The molecule has 0 aliphatic heterocycles. The summed E-state index contributed by atoms with van der Waals surface area (Å²) in [5.41, 5.74) is 1.13. The second-order valence-electron chi connectivity index (χ2n) is 5.54. The monoisotopic (exact) mass is 381 g/mol. The molecule has 4 rings (SSSR count). The highest BCUT2D eigenvalue weighted by Crippen LogP contribution is 2.26. The van der Waals surface area contributed by atoms with E-state index in [1.54, 1.807) is 6.26 Å². The van der Waals surface area contributed by atoms with Crippen molar-refractivity contribution in [2.45, 2.75) is 11.7 Å². The Morgan fingerprint density at radius 3 is 2.69 bits per heavy atom. The van der Waals surface area contributed by atoms with Gasteiger partial charge in [-0.25, -0.2) is 0 Å². The van der Waals surface area contributed by atoms with Gasteiger partial charge >= 0.3 is 0 Å². The van der Waals surface area contributed by atoms with E-state index in [0.717, 1.165) is 10.4 Å². The summed E-state index contributed by atoms with van der Waals surface area (Å²) in [6.07, 6.45) is 1.62. The Hall–Kier alpha value is -2.64. The molecule has 5 nitrogen and oxygen atoms in total. The Bertz CT molecular complexity index is 977. The minimum absolute atomic E-state index is 0.0961. The third kappa shape index (κ3) is 3.63. The van der Waals surface area contributed by atoms with Gasteiger partial charge in [-0.2, -0.15) is 0 Å². The molecule has 3 heterocycles. The lowest BCUT2D eigenvalue weighted by atomic mass is 10.2. The Morgan fingerprint density at radius 1 is 1.08 bits per heavy atom. The summed E-state index contributed by atoms with van der Waals surface area (Å²) in [4.78, 5) is 13.1. The standard InChI is InChI=1S/C19H15N3O2S2/c23-15(17-9-5-11-25-17)13-26-19-21-20-18(16-8-4-10-24-16)22(19)12-14-6-2-1-3-7-14/h1-11H,12-13H2. The second-order valence-corrected chi connectivity index (χ2v) is 7.43. The first-order chi connectivity index (χ1) is 12.8. The van der Waals surface area contributed by atoms with E-state index >= 15 is 0 Å².